The van der Waals surface area contributed by atoms with E-state index in [0.717, 1.165) is 41.8 Å². The number of carbonyl (C=O) groups is 1. The van der Waals surface area contributed by atoms with Gasteiger partial charge >= 0.3 is 0 Å². The van der Waals surface area contributed by atoms with Crippen molar-refractivity contribution in [2.45, 2.75) is 43.5 Å². The van der Waals surface area contributed by atoms with E-state index in [-0.39, 0.29) is 22.8 Å². The van der Waals surface area contributed by atoms with Crippen molar-refractivity contribution in [3.05, 3.63) is 59.2 Å². The van der Waals surface area contributed by atoms with Crippen LogP contribution in [0.25, 0.3) is 0 Å². The largest absolute Gasteiger partial charge is 0.311 e. The van der Waals surface area contributed by atoms with E-state index in [9.17, 15) is 13.2 Å². The number of nitrogens with one attached hydrogen (secondary N) is 1. The molecule has 0 aromatic heterocycles. The van der Waals surface area contributed by atoms with Gasteiger partial charge in [-0.3, -0.25) is 4.79 Å². The van der Waals surface area contributed by atoms with E-state index in [1.54, 1.807) is 12.1 Å². The van der Waals surface area contributed by atoms with Crippen LogP contribution in [-0.4, -0.2) is 20.9 Å². The Hall–Kier alpha value is -2.18. The van der Waals surface area contributed by atoms with Crippen LogP contribution in [-0.2, 0) is 21.2 Å². The summed E-state index contributed by atoms with van der Waals surface area (Å²) in [4.78, 5) is 14.5. The minimum absolute atomic E-state index is 0.0705. The Balaban J connectivity index is 1.71. The third-order valence-corrected chi connectivity index (χ3v) is 6.85. The second-order valence-electron chi connectivity index (χ2n) is 7.09. The third kappa shape index (κ3) is 2.73. The second kappa shape index (κ2) is 6.21. The SMILES string of the molecule is C[C@H](NS(=O)(=O)c1cc2c3c(c1)[C@H](C)C(=O)N3CCC2)c1ccccc1. The fourth-order valence-electron chi connectivity index (χ4n) is 3.93. The van der Waals surface area contributed by atoms with Gasteiger partial charge in [-0.05, 0) is 55.5 Å². The first-order chi connectivity index (χ1) is 12.4. The molecule has 6 heteroatoms. The first kappa shape index (κ1) is 17.2. The van der Waals surface area contributed by atoms with Crippen molar-refractivity contribution >= 4 is 21.6 Å². The van der Waals surface area contributed by atoms with Crippen LogP contribution in [0.2, 0.25) is 0 Å². The monoisotopic (exact) mass is 370 g/mol. The molecular formula is C20H22N2O3S. The smallest absolute Gasteiger partial charge is 0.241 e. The van der Waals surface area contributed by atoms with Gasteiger partial charge in [0.15, 0.2) is 0 Å². The predicted molar refractivity (Wildman–Crippen MR) is 101 cm³/mol. The molecule has 26 heavy (non-hydrogen) atoms. The minimum Gasteiger partial charge on any atom is -0.311 e. The van der Waals surface area contributed by atoms with Crippen molar-refractivity contribution in [3.63, 3.8) is 0 Å². The molecule has 0 saturated carbocycles. The van der Waals surface area contributed by atoms with Crippen LogP contribution in [0, 0.1) is 0 Å². The highest BCUT2D eigenvalue weighted by Gasteiger charge is 2.38. The molecule has 0 aliphatic carbocycles. The summed E-state index contributed by atoms with van der Waals surface area (Å²) in [5, 5.41) is 0. The number of benzene rings is 2. The first-order valence-corrected chi connectivity index (χ1v) is 10.4. The number of carbonyl (C=O) groups excluding carboxylic acids is 1. The Morgan fingerprint density at radius 3 is 2.65 bits per heavy atom. The van der Waals surface area contributed by atoms with Crippen LogP contribution < -0.4 is 9.62 Å². The second-order valence-corrected chi connectivity index (χ2v) is 8.80. The molecule has 4 rings (SSSR count). The predicted octanol–water partition coefficient (Wildman–Crippen LogP) is 3.12. The molecular weight excluding hydrogens is 348 g/mol. The Kier molecular flexibility index (Phi) is 4.12. The summed E-state index contributed by atoms with van der Waals surface area (Å²) < 4.78 is 28.7. The van der Waals surface area contributed by atoms with Gasteiger partial charge in [-0.1, -0.05) is 30.3 Å². The zero-order valence-corrected chi connectivity index (χ0v) is 15.7. The van der Waals surface area contributed by atoms with Crippen molar-refractivity contribution in [2.75, 3.05) is 11.4 Å². The minimum atomic E-state index is -3.68. The summed E-state index contributed by atoms with van der Waals surface area (Å²) in [7, 11) is -3.68. The van der Waals surface area contributed by atoms with E-state index in [0.29, 0.717) is 0 Å². The number of rotatable bonds is 4. The lowest BCUT2D eigenvalue weighted by Crippen LogP contribution is -2.32. The highest BCUT2D eigenvalue weighted by atomic mass is 32.2. The lowest BCUT2D eigenvalue weighted by atomic mass is 9.97. The van der Waals surface area contributed by atoms with E-state index < -0.39 is 10.0 Å². The molecule has 2 aromatic rings. The fraction of sp³-hybridized carbons (Fsp3) is 0.350. The van der Waals surface area contributed by atoms with Crippen molar-refractivity contribution in [3.8, 4) is 0 Å². The van der Waals surface area contributed by atoms with Gasteiger partial charge in [0.05, 0.1) is 16.5 Å². The molecule has 5 nitrogen and oxygen atoms in total. The summed E-state index contributed by atoms with van der Waals surface area (Å²) in [5.74, 6) is -0.218. The van der Waals surface area contributed by atoms with Crippen molar-refractivity contribution in [1.82, 2.24) is 4.72 Å². The Bertz CT molecular complexity index is 970. The molecule has 0 spiro atoms. The van der Waals surface area contributed by atoms with E-state index >= 15 is 0 Å². The Morgan fingerprint density at radius 2 is 1.92 bits per heavy atom. The quantitative estimate of drug-likeness (QED) is 0.899. The van der Waals surface area contributed by atoms with E-state index in [1.807, 2.05) is 49.1 Å². The molecule has 2 atom stereocenters. The van der Waals surface area contributed by atoms with Gasteiger partial charge in [0.2, 0.25) is 15.9 Å². The molecule has 1 amide bonds. The molecule has 0 saturated heterocycles. The molecule has 136 valence electrons. The first-order valence-electron chi connectivity index (χ1n) is 8.94. The van der Waals surface area contributed by atoms with Crippen molar-refractivity contribution in [1.29, 1.82) is 0 Å². The number of hydrogen-bond acceptors (Lipinski definition) is 3. The fourth-order valence-corrected chi connectivity index (χ4v) is 5.25. The van der Waals surface area contributed by atoms with Crippen molar-refractivity contribution < 1.29 is 13.2 Å². The number of aryl methyl sites for hydroxylation is 1. The lowest BCUT2D eigenvalue weighted by molar-refractivity contribution is -0.119. The average molecular weight is 370 g/mol. The van der Waals surface area contributed by atoms with Gasteiger partial charge in [-0.15, -0.1) is 0 Å². The molecule has 2 aromatic carbocycles. The van der Waals surface area contributed by atoms with E-state index in [2.05, 4.69) is 4.72 Å². The van der Waals surface area contributed by atoms with Crippen LogP contribution in [0.1, 0.15) is 48.9 Å². The number of nitrogens with zero attached hydrogens (tertiary/aromatic N) is 1. The van der Waals surface area contributed by atoms with Crippen molar-refractivity contribution in [2.24, 2.45) is 0 Å². The summed E-state index contributed by atoms with van der Waals surface area (Å²) in [5.41, 5.74) is 3.64. The summed E-state index contributed by atoms with van der Waals surface area (Å²) in [6.45, 7) is 4.41. The molecule has 2 aliphatic rings. The van der Waals surface area contributed by atoms with Gasteiger partial charge in [-0.25, -0.2) is 13.1 Å². The summed E-state index contributed by atoms with van der Waals surface area (Å²) in [6.07, 6.45) is 1.67. The normalized spacial score (nSPS) is 20.2. The lowest BCUT2D eigenvalue weighted by Gasteiger charge is -2.26. The summed E-state index contributed by atoms with van der Waals surface area (Å²) >= 11 is 0. The number of amides is 1. The maximum absolute atomic E-state index is 13.0. The highest BCUT2D eigenvalue weighted by molar-refractivity contribution is 7.89. The molecule has 0 bridgehead atoms. The van der Waals surface area contributed by atoms with Crippen LogP contribution >= 0.6 is 0 Å². The molecule has 1 N–H and O–H groups in total. The van der Waals surface area contributed by atoms with Gasteiger partial charge in [0.1, 0.15) is 0 Å². The van der Waals surface area contributed by atoms with Crippen LogP contribution in [0.5, 0.6) is 0 Å². The Labute approximate surface area is 154 Å². The zero-order valence-electron chi connectivity index (χ0n) is 14.9. The summed E-state index contributed by atoms with van der Waals surface area (Å²) in [6, 6.07) is 12.6. The molecule has 2 heterocycles. The molecule has 0 radical (unpaired) electrons. The molecule has 2 aliphatic heterocycles. The maximum Gasteiger partial charge on any atom is 0.241 e. The van der Waals surface area contributed by atoms with Gasteiger partial charge in [0, 0.05) is 12.6 Å². The van der Waals surface area contributed by atoms with Crippen LogP contribution in [0.3, 0.4) is 0 Å². The van der Waals surface area contributed by atoms with E-state index in [4.69, 9.17) is 0 Å². The number of sulfonamides is 1. The van der Waals surface area contributed by atoms with Crippen LogP contribution in [0.15, 0.2) is 47.4 Å². The van der Waals surface area contributed by atoms with Gasteiger partial charge < -0.3 is 4.90 Å². The molecule has 0 fully saturated rings. The van der Waals surface area contributed by atoms with Gasteiger partial charge in [-0.2, -0.15) is 0 Å². The standard InChI is InChI=1S/C20H22N2O3S/c1-13-18-12-17(11-16-9-6-10-22(19(16)18)20(13)23)26(24,25)21-14(2)15-7-4-3-5-8-15/h3-5,7-8,11-14,21H,6,9-10H2,1-2H3/t13-,14-/m0/s1. The number of hydrogen-bond donors (Lipinski definition) is 1. The number of anilines is 1. The van der Waals surface area contributed by atoms with E-state index in [1.165, 1.54) is 0 Å². The highest BCUT2D eigenvalue weighted by Crippen LogP contribution is 2.43. The zero-order chi connectivity index (χ0) is 18.5. The topological polar surface area (TPSA) is 66.5 Å². The maximum atomic E-state index is 13.0. The van der Waals surface area contributed by atoms with Crippen LogP contribution in [0.4, 0.5) is 5.69 Å². The Morgan fingerprint density at radius 1 is 1.19 bits per heavy atom. The van der Waals surface area contributed by atoms with Gasteiger partial charge in [0.25, 0.3) is 0 Å². The average Bonchev–Trinajstić information content (AvgIpc) is 2.89. The molecule has 0 unspecified atom stereocenters. The third-order valence-electron chi connectivity index (χ3n) is 5.33.